The van der Waals surface area contributed by atoms with Crippen molar-refractivity contribution in [2.45, 2.75) is 0 Å². The Morgan fingerprint density at radius 1 is 1.47 bits per heavy atom. The molecule has 80 valence electrons. The second kappa shape index (κ2) is 4.22. The number of nitrogens with one attached hydrogen (secondary N) is 1. The number of pyridine rings is 1. The lowest BCUT2D eigenvalue weighted by molar-refractivity contribution is -0.388. The lowest BCUT2D eigenvalue weighted by Gasteiger charge is -2.28. The summed E-state index contributed by atoms with van der Waals surface area (Å²) in [4.78, 5) is 16.1. The third kappa shape index (κ3) is 2.04. The minimum absolute atomic E-state index is 0.0561. The number of nitrogens with zero attached hydrogens (tertiary/aromatic N) is 3. The van der Waals surface area contributed by atoms with Crippen LogP contribution in [0.1, 0.15) is 0 Å². The Hall–Kier alpha value is -1.69. The molecule has 1 saturated heterocycles. The van der Waals surface area contributed by atoms with E-state index in [9.17, 15) is 10.1 Å². The van der Waals surface area contributed by atoms with Crippen LogP contribution in [0.4, 0.5) is 11.5 Å². The predicted molar refractivity (Wildman–Crippen MR) is 56.0 cm³/mol. The molecule has 1 aromatic heterocycles. The molecular weight excluding hydrogens is 196 g/mol. The van der Waals surface area contributed by atoms with Crippen LogP contribution in [-0.4, -0.2) is 36.1 Å². The number of hydrogen-bond donors (Lipinski definition) is 1. The summed E-state index contributed by atoms with van der Waals surface area (Å²) < 4.78 is 0. The van der Waals surface area contributed by atoms with Crippen LogP contribution in [0.15, 0.2) is 18.3 Å². The molecule has 1 N–H and O–H groups in total. The molecule has 0 aromatic carbocycles. The van der Waals surface area contributed by atoms with Gasteiger partial charge in [0, 0.05) is 26.2 Å². The first kappa shape index (κ1) is 9.85. The molecule has 0 radical (unpaired) electrons. The van der Waals surface area contributed by atoms with Gasteiger partial charge in [-0.2, -0.15) is 0 Å². The van der Waals surface area contributed by atoms with Gasteiger partial charge in [0.1, 0.15) is 11.9 Å². The van der Waals surface area contributed by atoms with E-state index in [2.05, 4.69) is 10.3 Å². The van der Waals surface area contributed by atoms with E-state index >= 15 is 0 Å². The standard InChI is InChI=1S/C9H12N4O2/c14-13(15)9-8(2-1-3-11-9)12-6-4-10-5-7-12/h1-3,10H,4-7H2. The number of piperazine rings is 1. The lowest BCUT2D eigenvalue weighted by atomic mass is 10.3. The fourth-order valence-corrected chi connectivity index (χ4v) is 1.68. The fraction of sp³-hybridized carbons (Fsp3) is 0.444. The second-order valence-electron chi connectivity index (χ2n) is 3.34. The summed E-state index contributed by atoms with van der Waals surface area (Å²) in [5, 5.41) is 14.0. The maximum absolute atomic E-state index is 10.8. The molecule has 2 heterocycles. The molecule has 2 rings (SSSR count). The van der Waals surface area contributed by atoms with E-state index in [4.69, 9.17) is 0 Å². The van der Waals surface area contributed by atoms with Crippen molar-refractivity contribution in [1.29, 1.82) is 0 Å². The van der Waals surface area contributed by atoms with Gasteiger partial charge in [-0.05, 0) is 22.0 Å². The molecule has 1 fully saturated rings. The van der Waals surface area contributed by atoms with Gasteiger partial charge in [0.2, 0.25) is 0 Å². The van der Waals surface area contributed by atoms with Gasteiger partial charge in [-0.15, -0.1) is 0 Å². The maximum atomic E-state index is 10.8. The monoisotopic (exact) mass is 208 g/mol. The van der Waals surface area contributed by atoms with E-state index in [-0.39, 0.29) is 5.82 Å². The summed E-state index contributed by atoms with van der Waals surface area (Å²) in [7, 11) is 0. The average molecular weight is 208 g/mol. The molecule has 0 amide bonds. The van der Waals surface area contributed by atoms with Crippen LogP contribution in [0.5, 0.6) is 0 Å². The highest BCUT2D eigenvalue weighted by atomic mass is 16.6. The highest BCUT2D eigenvalue weighted by Gasteiger charge is 2.21. The number of nitro groups is 1. The Bertz CT molecular complexity index is 363. The Morgan fingerprint density at radius 2 is 2.20 bits per heavy atom. The van der Waals surface area contributed by atoms with E-state index in [0.29, 0.717) is 5.69 Å². The topological polar surface area (TPSA) is 71.3 Å². The molecule has 0 aliphatic carbocycles. The van der Waals surface area contributed by atoms with Gasteiger partial charge in [0.25, 0.3) is 0 Å². The molecule has 1 aliphatic rings. The summed E-state index contributed by atoms with van der Waals surface area (Å²) in [6.45, 7) is 3.27. The summed E-state index contributed by atoms with van der Waals surface area (Å²) >= 11 is 0. The molecule has 0 atom stereocenters. The van der Waals surface area contributed by atoms with E-state index in [1.807, 2.05) is 4.90 Å². The van der Waals surface area contributed by atoms with Gasteiger partial charge in [-0.25, -0.2) is 0 Å². The van der Waals surface area contributed by atoms with E-state index in [0.717, 1.165) is 26.2 Å². The average Bonchev–Trinajstić information content (AvgIpc) is 2.30. The quantitative estimate of drug-likeness (QED) is 0.562. The highest BCUT2D eigenvalue weighted by molar-refractivity contribution is 5.59. The lowest BCUT2D eigenvalue weighted by Crippen LogP contribution is -2.43. The van der Waals surface area contributed by atoms with Crippen molar-refractivity contribution in [3.8, 4) is 0 Å². The van der Waals surface area contributed by atoms with Crippen molar-refractivity contribution in [3.05, 3.63) is 28.4 Å². The van der Waals surface area contributed by atoms with Gasteiger partial charge in [-0.1, -0.05) is 0 Å². The SMILES string of the molecule is O=[N+]([O-])c1ncccc1N1CCNCC1. The number of aromatic nitrogens is 1. The Kier molecular flexibility index (Phi) is 2.77. The molecule has 6 heteroatoms. The van der Waals surface area contributed by atoms with Crippen molar-refractivity contribution in [2.75, 3.05) is 31.1 Å². The first-order valence-electron chi connectivity index (χ1n) is 4.84. The predicted octanol–water partition coefficient (Wildman–Crippen LogP) is 0.399. The van der Waals surface area contributed by atoms with Crippen molar-refractivity contribution in [1.82, 2.24) is 10.3 Å². The van der Waals surface area contributed by atoms with Gasteiger partial charge >= 0.3 is 5.82 Å². The summed E-state index contributed by atoms with van der Waals surface area (Å²) in [6, 6.07) is 3.47. The third-order valence-electron chi connectivity index (χ3n) is 2.40. The van der Waals surface area contributed by atoms with Crippen LogP contribution in [0.3, 0.4) is 0 Å². The first-order valence-corrected chi connectivity index (χ1v) is 4.84. The Labute approximate surface area is 87.1 Å². The van der Waals surface area contributed by atoms with Crippen molar-refractivity contribution >= 4 is 11.5 Å². The smallest absolute Gasteiger partial charge is 0.362 e. The third-order valence-corrected chi connectivity index (χ3v) is 2.40. The van der Waals surface area contributed by atoms with E-state index in [1.54, 1.807) is 12.1 Å². The van der Waals surface area contributed by atoms with Gasteiger partial charge in [0.05, 0.1) is 0 Å². The van der Waals surface area contributed by atoms with Crippen molar-refractivity contribution < 1.29 is 4.92 Å². The molecule has 0 bridgehead atoms. The van der Waals surface area contributed by atoms with Crippen LogP contribution >= 0.6 is 0 Å². The van der Waals surface area contributed by atoms with Crippen molar-refractivity contribution in [3.63, 3.8) is 0 Å². The van der Waals surface area contributed by atoms with Gasteiger partial charge < -0.3 is 20.3 Å². The molecule has 6 nitrogen and oxygen atoms in total. The Morgan fingerprint density at radius 3 is 2.87 bits per heavy atom. The zero-order valence-electron chi connectivity index (χ0n) is 8.22. The summed E-state index contributed by atoms with van der Waals surface area (Å²) in [5.41, 5.74) is 0.615. The minimum Gasteiger partial charge on any atom is -0.362 e. The molecule has 0 unspecified atom stereocenters. The number of rotatable bonds is 2. The highest BCUT2D eigenvalue weighted by Crippen LogP contribution is 2.24. The van der Waals surface area contributed by atoms with Crippen LogP contribution in [-0.2, 0) is 0 Å². The van der Waals surface area contributed by atoms with Crippen LogP contribution in [0.25, 0.3) is 0 Å². The first-order chi connectivity index (χ1) is 7.29. The van der Waals surface area contributed by atoms with Crippen LogP contribution < -0.4 is 10.2 Å². The Balaban J connectivity index is 2.29. The van der Waals surface area contributed by atoms with Crippen LogP contribution in [0.2, 0.25) is 0 Å². The normalized spacial score (nSPS) is 16.4. The molecule has 0 saturated carbocycles. The number of anilines is 1. The van der Waals surface area contributed by atoms with Crippen LogP contribution in [0, 0.1) is 10.1 Å². The van der Waals surface area contributed by atoms with E-state index < -0.39 is 4.92 Å². The molecule has 1 aromatic rings. The molecule has 0 spiro atoms. The van der Waals surface area contributed by atoms with Gasteiger partial charge in [0.15, 0.2) is 0 Å². The molecular formula is C9H12N4O2. The zero-order chi connectivity index (χ0) is 10.7. The fourth-order valence-electron chi connectivity index (χ4n) is 1.68. The maximum Gasteiger partial charge on any atom is 0.387 e. The zero-order valence-corrected chi connectivity index (χ0v) is 8.22. The largest absolute Gasteiger partial charge is 0.387 e. The minimum atomic E-state index is -0.433. The number of hydrogen-bond acceptors (Lipinski definition) is 5. The molecule has 1 aliphatic heterocycles. The summed E-state index contributed by atoms with van der Waals surface area (Å²) in [5.74, 6) is -0.0561. The summed E-state index contributed by atoms with van der Waals surface area (Å²) in [6.07, 6.45) is 1.45. The second-order valence-corrected chi connectivity index (χ2v) is 3.34. The van der Waals surface area contributed by atoms with Gasteiger partial charge in [-0.3, -0.25) is 0 Å². The molecule has 15 heavy (non-hydrogen) atoms. The van der Waals surface area contributed by atoms with E-state index in [1.165, 1.54) is 6.20 Å². The van der Waals surface area contributed by atoms with Crippen molar-refractivity contribution in [2.24, 2.45) is 0 Å².